The van der Waals surface area contributed by atoms with E-state index in [0.29, 0.717) is 38.5 Å². The number of nitrogens with one attached hydrogen (secondary N) is 1. The molecule has 0 rings (SSSR count). The van der Waals surface area contributed by atoms with Gasteiger partial charge < -0.3 is 20.1 Å². The SMILES string of the molecule is CCCC(NC(=O)N(CCOC)CC(C)C)C(=O)O. The molecule has 1 atom stereocenters. The fourth-order valence-corrected chi connectivity index (χ4v) is 1.70. The third-order valence-electron chi connectivity index (χ3n) is 2.61. The number of ether oxygens (including phenoxy) is 1. The molecule has 0 aromatic heterocycles. The van der Waals surface area contributed by atoms with E-state index in [-0.39, 0.29) is 6.03 Å². The van der Waals surface area contributed by atoms with Crippen LogP contribution in [0.4, 0.5) is 4.79 Å². The first-order valence-electron chi connectivity index (χ1n) is 6.69. The van der Waals surface area contributed by atoms with Crippen molar-refractivity contribution in [2.24, 2.45) is 5.92 Å². The van der Waals surface area contributed by atoms with Gasteiger partial charge in [0, 0.05) is 20.2 Å². The van der Waals surface area contributed by atoms with Crippen molar-refractivity contribution in [2.75, 3.05) is 26.8 Å². The molecule has 0 aromatic rings. The van der Waals surface area contributed by atoms with Gasteiger partial charge in [-0.15, -0.1) is 0 Å². The highest BCUT2D eigenvalue weighted by molar-refractivity contribution is 5.82. The van der Waals surface area contributed by atoms with Crippen molar-refractivity contribution >= 4 is 12.0 Å². The Morgan fingerprint density at radius 1 is 1.37 bits per heavy atom. The van der Waals surface area contributed by atoms with Crippen LogP contribution in [-0.4, -0.2) is 54.9 Å². The van der Waals surface area contributed by atoms with E-state index in [1.54, 1.807) is 12.0 Å². The molecule has 0 spiro atoms. The lowest BCUT2D eigenvalue weighted by Gasteiger charge is -2.26. The fraction of sp³-hybridized carbons (Fsp3) is 0.846. The second-order valence-corrected chi connectivity index (χ2v) is 4.96. The number of rotatable bonds is 9. The predicted molar refractivity (Wildman–Crippen MR) is 73.2 cm³/mol. The van der Waals surface area contributed by atoms with Crippen LogP contribution in [0, 0.1) is 5.92 Å². The summed E-state index contributed by atoms with van der Waals surface area (Å²) in [7, 11) is 1.57. The van der Waals surface area contributed by atoms with Gasteiger partial charge in [-0.1, -0.05) is 27.2 Å². The number of carbonyl (C=O) groups excluding carboxylic acids is 1. The van der Waals surface area contributed by atoms with Crippen LogP contribution in [0.25, 0.3) is 0 Å². The fourth-order valence-electron chi connectivity index (χ4n) is 1.70. The van der Waals surface area contributed by atoms with Gasteiger partial charge in [0.2, 0.25) is 0 Å². The van der Waals surface area contributed by atoms with Crippen LogP contribution in [0.15, 0.2) is 0 Å². The van der Waals surface area contributed by atoms with E-state index < -0.39 is 12.0 Å². The average molecular weight is 274 g/mol. The molecule has 2 N–H and O–H groups in total. The first kappa shape index (κ1) is 17.7. The summed E-state index contributed by atoms with van der Waals surface area (Å²) in [6, 6.07) is -1.17. The summed E-state index contributed by atoms with van der Waals surface area (Å²) in [6.45, 7) is 7.37. The van der Waals surface area contributed by atoms with Gasteiger partial charge in [-0.3, -0.25) is 0 Å². The summed E-state index contributed by atoms with van der Waals surface area (Å²) in [5, 5.41) is 11.6. The third kappa shape index (κ3) is 7.66. The first-order chi connectivity index (χ1) is 8.92. The van der Waals surface area contributed by atoms with Gasteiger partial charge in [-0.2, -0.15) is 0 Å². The number of carboxylic acids is 1. The van der Waals surface area contributed by atoms with Gasteiger partial charge in [0.25, 0.3) is 0 Å². The minimum absolute atomic E-state index is 0.317. The summed E-state index contributed by atoms with van der Waals surface area (Å²) in [5.41, 5.74) is 0. The Morgan fingerprint density at radius 3 is 2.42 bits per heavy atom. The van der Waals surface area contributed by atoms with Gasteiger partial charge in [0.1, 0.15) is 6.04 Å². The molecule has 0 aliphatic carbocycles. The molecule has 0 heterocycles. The molecule has 19 heavy (non-hydrogen) atoms. The van der Waals surface area contributed by atoms with E-state index in [9.17, 15) is 9.59 Å². The van der Waals surface area contributed by atoms with Gasteiger partial charge in [-0.05, 0) is 12.3 Å². The van der Waals surface area contributed by atoms with Crippen molar-refractivity contribution in [3.63, 3.8) is 0 Å². The highest BCUT2D eigenvalue weighted by atomic mass is 16.5. The lowest BCUT2D eigenvalue weighted by molar-refractivity contribution is -0.139. The van der Waals surface area contributed by atoms with Crippen molar-refractivity contribution in [2.45, 2.75) is 39.7 Å². The number of aliphatic carboxylic acids is 1. The Hall–Kier alpha value is -1.30. The highest BCUT2D eigenvalue weighted by Crippen LogP contribution is 2.02. The van der Waals surface area contributed by atoms with E-state index >= 15 is 0 Å². The molecule has 0 saturated carbocycles. The maximum Gasteiger partial charge on any atom is 0.326 e. The molecule has 0 fully saturated rings. The van der Waals surface area contributed by atoms with Crippen molar-refractivity contribution < 1.29 is 19.4 Å². The molecule has 6 heteroatoms. The number of hydrogen-bond acceptors (Lipinski definition) is 3. The van der Waals surface area contributed by atoms with Gasteiger partial charge in [-0.25, -0.2) is 9.59 Å². The van der Waals surface area contributed by atoms with Gasteiger partial charge in [0.05, 0.1) is 6.61 Å². The molecule has 0 aliphatic rings. The number of nitrogens with zero attached hydrogens (tertiary/aromatic N) is 1. The molecular weight excluding hydrogens is 248 g/mol. The van der Waals surface area contributed by atoms with Gasteiger partial charge >= 0.3 is 12.0 Å². The van der Waals surface area contributed by atoms with Crippen LogP contribution in [-0.2, 0) is 9.53 Å². The number of carbonyl (C=O) groups is 2. The van der Waals surface area contributed by atoms with Crippen LogP contribution in [0.3, 0.4) is 0 Å². The number of amides is 2. The van der Waals surface area contributed by atoms with E-state index in [1.165, 1.54) is 0 Å². The zero-order valence-electron chi connectivity index (χ0n) is 12.3. The number of carboxylic acid groups (broad SMARTS) is 1. The van der Waals surface area contributed by atoms with E-state index in [4.69, 9.17) is 9.84 Å². The third-order valence-corrected chi connectivity index (χ3v) is 2.61. The minimum atomic E-state index is -0.994. The molecular formula is C13H26N2O4. The molecule has 2 amide bonds. The number of urea groups is 1. The summed E-state index contributed by atoms with van der Waals surface area (Å²) in [6.07, 6.45) is 1.14. The summed E-state index contributed by atoms with van der Waals surface area (Å²) < 4.78 is 4.97. The molecule has 0 aromatic carbocycles. The Bertz CT molecular complexity index is 282. The average Bonchev–Trinajstić information content (AvgIpc) is 2.33. The molecule has 0 saturated heterocycles. The maximum absolute atomic E-state index is 12.1. The lowest BCUT2D eigenvalue weighted by Crippen LogP contribution is -2.49. The monoisotopic (exact) mass is 274 g/mol. The summed E-state index contributed by atoms with van der Waals surface area (Å²) in [4.78, 5) is 24.7. The standard InChI is InChI=1S/C13H26N2O4/c1-5-6-11(12(16)17)14-13(18)15(7-8-19-4)9-10(2)3/h10-11H,5-9H2,1-4H3,(H,14,18)(H,16,17). The maximum atomic E-state index is 12.1. The minimum Gasteiger partial charge on any atom is -0.480 e. The molecule has 0 aliphatic heterocycles. The van der Waals surface area contributed by atoms with Crippen molar-refractivity contribution in [1.29, 1.82) is 0 Å². The van der Waals surface area contributed by atoms with Crippen LogP contribution in [0.1, 0.15) is 33.6 Å². The number of hydrogen-bond donors (Lipinski definition) is 2. The molecule has 0 radical (unpaired) electrons. The Morgan fingerprint density at radius 2 is 2.00 bits per heavy atom. The summed E-state index contributed by atoms with van der Waals surface area (Å²) in [5.74, 6) is -0.677. The van der Waals surface area contributed by atoms with Crippen LogP contribution in [0.2, 0.25) is 0 Å². The second-order valence-electron chi connectivity index (χ2n) is 4.96. The van der Waals surface area contributed by atoms with Gasteiger partial charge in [0.15, 0.2) is 0 Å². The smallest absolute Gasteiger partial charge is 0.326 e. The zero-order valence-corrected chi connectivity index (χ0v) is 12.3. The van der Waals surface area contributed by atoms with Crippen LogP contribution in [0.5, 0.6) is 0 Å². The largest absolute Gasteiger partial charge is 0.480 e. The summed E-state index contributed by atoms with van der Waals surface area (Å²) >= 11 is 0. The van der Waals surface area contributed by atoms with Crippen molar-refractivity contribution in [3.05, 3.63) is 0 Å². The molecule has 112 valence electrons. The highest BCUT2D eigenvalue weighted by Gasteiger charge is 2.22. The molecule has 0 bridgehead atoms. The van der Waals surface area contributed by atoms with Crippen molar-refractivity contribution in [3.8, 4) is 0 Å². The Labute approximate surface area is 115 Å². The van der Waals surface area contributed by atoms with Crippen LogP contribution >= 0.6 is 0 Å². The van der Waals surface area contributed by atoms with E-state index in [2.05, 4.69) is 5.32 Å². The Kier molecular flexibility index (Phi) is 8.95. The normalized spacial score (nSPS) is 12.3. The molecule has 1 unspecified atom stereocenters. The number of methoxy groups -OCH3 is 1. The second kappa shape index (κ2) is 9.61. The Balaban J connectivity index is 4.54. The zero-order chi connectivity index (χ0) is 14.8. The topological polar surface area (TPSA) is 78.9 Å². The van der Waals surface area contributed by atoms with E-state index in [0.717, 1.165) is 0 Å². The van der Waals surface area contributed by atoms with Crippen molar-refractivity contribution in [1.82, 2.24) is 10.2 Å². The lowest BCUT2D eigenvalue weighted by atomic mass is 10.1. The first-order valence-corrected chi connectivity index (χ1v) is 6.69. The quantitative estimate of drug-likeness (QED) is 0.668. The van der Waals surface area contributed by atoms with E-state index in [1.807, 2.05) is 20.8 Å². The predicted octanol–water partition coefficient (Wildman–Crippen LogP) is 1.55. The molecule has 6 nitrogen and oxygen atoms in total. The van der Waals surface area contributed by atoms with Crippen LogP contribution < -0.4 is 5.32 Å².